The van der Waals surface area contributed by atoms with Crippen molar-refractivity contribution >= 4 is 44.8 Å². The lowest BCUT2D eigenvalue weighted by Crippen LogP contribution is -2.25. The Hall–Kier alpha value is -3.34. The molecule has 0 amide bonds. The molecule has 0 radical (unpaired) electrons. The van der Waals surface area contributed by atoms with Gasteiger partial charge in [0.1, 0.15) is 21.4 Å². The molecule has 0 fully saturated rings. The number of ether oxygens (including phenoxy) is 2. The Morgan fingerprint density at radius 1 is 1.09 bits per heavy atom. The summed E-state index contributed by atoms with van der Waals surface area (Å²) in [6.45, 7) is 5.58. The fourth-order valence-electron chi connectivity index (χ4n) is 2.77. The van der Waals surface area contributed by atoms with Crippen molar-refractivity contribution in [1.29, 1.82) is 0 Å². The molecule has 1 aromatic heterocycles. The summed E-state index contributed by atoms with van der Waals surface area (Å²) in [6, 6.07) is 11.7. The lowest BCUT2D eigenvalue weighted by molar-refractivity contribution is 0.405. The minimum atomic E-state index is -3.80. The van der Waals surface area contributed by atoms with E-state index in [4.69, 9.17) is 21.1 Å². The van der Waals surface area contributed by atoms with E-state index in [2.05, 4.69) is 31.9 Å². The summed E-state index contributed by atoms with van der Waals surface area (Å²) in [5.41, 5.74) is 1.57. The van der Waals surface area contributed by atoms with Crippen LogP contribution < -0.4 is 24.8 Å². The number of methoxy groups -OCH3 is 2. The summed E-state index contributed by atoms with van der Waals surface area (Å²) in [5.74, 6) is 1.61. The molecule has 11 heteroatoms. The van der Waals surface area contributed by atoms with Crippen LogP contribution in [-0.4, -0.2) is 39.2 Å². The smallest absolute Gasteiger partial charge is 0.242 e. The van der Waals surface area contributed by atoms with Crippen LogP contribution in [0.25, 0.3) is 0 Å². The molecule has 3 N–H and O–H groups in total. The van der Waals surface area contributed by atoms with Crippen molar-refractivity contribution in [2.24, 2.45) is 0 Å². The van der Waals surface area contributed by atoms with Gasteiger partial charge in [0.2, 0.25) is 16.0 Å². The van der Waals surface area contributed by atoms with Gasteiger partial charge in [-0.3, -0.25) is 0 Å². The van der Waals surface area contributed by atoms with Gasteiger partial charge in [-0.15, -0.1) is 0 Å². The summed E-state index contributed by atoms with van der Waals surface area (Å²) < 4.78 is 38.7. The molecule has 0 atom stereocenters. The summed E-state index contributed by atoms with van der Waals surface area (Å²) in [6.07, 6.45) is 1.41. The third-order valence-corrected chi connectivity index (χ3v) is 6.13. The number of anilines is 4. The number of sulfonamides is 1. The Bertz CT molecular complexity index is 1270. The molecule has 0 aliphatic rings. The third-order valence-electron chi connectivity index (χ3n) is 4.39. The molecule has 2 aromatic carbocycles. The van der Waals surface area contributed by atoms with Gasteiger partial charge < -0.3 is 20.1 Å². The number of nitrogens with one attached hydrogen (secondary N) is 3. The number of nitrogens with zero attached hydrogens (tertiary/aromatic N) is 2. The average Bonchev–Trinajstić information content (AvgIpc) is 2.80. The maximum absolute atomic E-state index is 12.8. The minimum absolute atomic E-state index is 0.0462. The monoisotopic (exact) mass is 489 g/mol. The van der Waals surface area contributed by atoms with Gasteiger partial charge in [-0.25, -0.2) is 18.1 Å². The van der Waals surface area contributed by atoms with Crippen molar-refractivity contribution in [3.05, 3.63) is 65.8 Å². The predicted octanol–water partition coefficient (Wildman–Crippen LogP) is 4.49. The minimum Gasteiger partial charge on any atom is -0.497 e. The molecule has 0 aliphatic carbocycles. The second-order valence-electron chi connectivity index (χ2n) is 6.98. The Labute approximate surface area is 197 Å². The number of hydrogen-bond acceptors (Lipinski definition) is 8. The van der Waals surface area contributed by atoms with Crippen molar-refractivity contribution in [3.8, 4) is 11.5 Å². The van der Waals surface area contributed by atoms with Gasteiger partial charge in [0.15, 0.2) is 5.82 Å². The molecule has 3 rings (SSSR count). The van der Waals surface area contributed by atoms with Crippen LogP contribution in [0.15, 0.2) is 65.7 Å². The largest absolute Gasteiger partial charge is 0.497 e. The van der Waals surface area contributed by atoms with E-state index in [-0.39, 0.29) is 28.2 Å². The fourth-order valence-corrected chi connectivity index (χ4v) is 4.17. The highest BCUT2D eigenvalue weighted by Gasteiger charge is 2.19. The lowest BCUT2D eigenvalue weighted by atomic mass is 10.2. The second-order valence-corrected chi connectivity index (χ2v) is 9.13. The Balaban J connectivity index is 1.92. The van der Waals surface area contributed by atoms with Crippen LogP contribution in [0, 0.1) is 0 Å². The maximum Gasteiger partial charge on any atom is 0.242 e. The Kier molecular flexibility index (Phi) is 7.75. The van der Waals surface area contributed by atoms with Crippen molar-refractivity contribution in [2.75, 3.05) is 31.4 Å². The Morgan fingerprint density at radius 2 is 1.85 bits per heavy atom. The second kappa shape index (κ2) is 10.5. The number of rotatable bonds is 10. The van der Waals surface area contributed by atoms with Crippen LogP contribution in [0.2, 0.25) is 5.02 Å². The van der Waals surface area contributed by atoms with E-state index in [1.807, 2.05) is 0 Å². The van der Waals surface area contributed by atoms with Crippen LogP contribution in [0.4, 0.5) is 23.1 Å². The van der Waals surface area contributed by atoms with Crippen molar-refractivity contribution in [1.82, 2.24) is 14.7 Å². The number of hydrogen-bond donors (Lipinski definition) is 3. The van der Waals surface area contributed by atoms with Crippen LogP contribution in [0.5, 0.6) is 11.5 Å². The topological polar surface area (TPSA) is 114 Å². The normalized spacial score (nSPS) is 11.0. The molecule has 0 saturated carbocycles. The van der Waals surface area contributed by atoms with Gasteiger partial charge >= 0.3 is 0 Å². The van der Waals surface area contributed by atoms with E-state index in [0.29, 0.717) is 28.4 Å². The SMILES string of the molecule is C=C(C)CNS(=O)(=O)c1ccccc1Nc1nc(Nc2cc(OC)ccc2OC)ncc1Cl. The maximum atomic E-state index is 12.8. The molecule has 9 nitrogen and oxygen atoms in total. The van der Waals surface area contributed by atoms with Crippen molar-refractivity contribution < 1.29 is 17.9 Å². The van der Waals surface area contributed by atoms with Crippen molar-refractivity contribution in [2.45, 2.75) is 11.8 Å². The van der Waals surface area contributed by atoms with Gasteiger partial charge in [-0.05, 0) is 31.2 Å². The summed E-state index contributed by atoms with van der Waals surface area (Å²) >= 11 is 6.29. The predicted molar refractivity (Wildman–Crippen MR) is 130 cm³/mol. The van der Waals surface area contributed by atoms with Gasteiger partial charge in [0.05, 0.1) is 31.8 Å². The van der Waals surface area contributed by atoms with E-state index in [0.717, 1.165) is 0 Å². The number of para-hydroxylation sites is 1. The van der Waals surface area contributed by atoms with E-state index >= 15 is 0 Å². The number of halogens is 1. The van der Waals surface area contributed by atoms with E-state index in [1.54, 1.807) is 57.5 Å². The standard InChI is InChI=1S/C22H24ClN5O4S/c1-14(2)12-25-33(29,30)20-8-6-5-7-17(20)26-21-16(23)13-24-22(28-21)27-18-11-15(31-3)9-10-19(18)32-4/h5-11,13,25H,1,12H2,2-4H3,(H2,24,26,27,28). The molecule has 174 valence electrons. The van der Waals surface area contributed by atoms with E-state index in [1.165, 1.54) is 12.3 Å². The zero-order valence-corrected chi connectivity index (χ0v) is 19.9. The van der Waals surface area contributed by atoms with Gasteiger partial charge in [-0.2, -0.15) is 4.98 Å². The van der Waals surface area contributed by atoms with Crippen LogP contribution in [0.1, 0.15) is 6.92 Å². The average molecular weight is 490 g/mol. The zero-order chi connectivity index (χ0) is 24.0. The number of benzene rings is 2. The zero-order valence-electron chi connectivity index (χ0n) is 18.3. The van der Waals surface area contributed by atoms with Gasteiger partial charge in [0, 0.05) is 12.6 Å². The molecule has 0 saturated heterocycles. The van der Waals surface area contributed by atoms with Crippen LogP contribution >= 0.6 is 11.6 Å². The molecule has 0 bridgehead atoms. The highest BCUT2D eigenvalue weighted by atomic mass is 35.5. The molecule has 33 heavy (non-hydrogen) atoms. The molecular weight excluding hydrogens is 466 g/mol. The van der Waals surface area contributed by atoms with E-state index in [9.17, 15) is 8.42 Å². The summed E-state index contributed by atoms with van der Waals surface area (Å²) in [5, 5.41) is 6.26. The Morgan fingerprint density at radius 3 is 2.55 bits per heavy atom. The first kappa shape index (κ1) is 24.3. The highest BCUT2D eigenvalue weighted by Crippen LogP contribution is 2.32. The quantitative estimate of drug-likeness (QED) is 0.357. The first-order chi connectivity index (χ1) is 15.7. The molecule has 1 heterocycles. The fraction of sp³-hybridized carbons (Fsp3) is 0.182. The molecule has 0 aliphatic heterocycles. The first-order valence-electron chi connectivity index (χ1n) is 9.75. The summed E-state index contributed by atoms with van der Waals surface area (Å²) in [7, 11) is -0.698. The first-order valence-corrected chi connectivity index (χ1v) is 11.6. The third kappa shape index (κ3) is 6.13. The number of aromatic nitrogens is 2. The molecule has 3 aromatic rings. The molecular formula is C22H24ClN5O4S. The molecule has 0 unspecified atom stereocenters. The lowest BCUT2D eigenvalue weighted by Gasteiger charge is -2.15. The van der Waals surface area contributed by atoms with Crippen LogP contribution in [-0.2, 0) is 10.0 Å². The van der Waals surface area contributed by atoms with Crippen LogP contribution in [0.3, 0.4) is 0 Å². The highest BCUT2D eigenvalue weighted by molar-refractivity contribution is 7.89. The molecule has 0 spiro atoms. The van der Waals surface area contributed by atoms with Crippen molar-refractivity contribution in [3.63, 3.8) is 0 Å². The van der Waals surface area contributed by atoms with Gasteiger partial charge in [0.25, 0.3) is 0 Å². The van der Waals surface area contributed by atoms with Gasteiger partial charge in [-0.1, -0.05) is 35.9 Å². The summed E-state index contributed by atoms with van der Waals surface area (Å²) in [4.78, 5) is 8.64. The van der Waals surface area contributed by atoms with E-state index < -0.39 is 10.0 Å².